The zero-order valence-electron chi connectivity index (χ0n) is 11.1. The zero-order valence-corrected chi connectivity index (χ0v) is 11.1. The lowest BCUT2D eigenvalue weighted by atomic mass is 10.1. The van der Waals surface area contributed by atoms with Crippen molar-refractivity contribution < 1.29 is 4.79 Å². The Labute approximate surface area is 112 Å². The van der Waals surface area contributed by atoms with Crippen LogP contribution in [0.5, 0.6) is 0 Å². The number of carbonyl (C=O) groups excluding carboxylic acids is 1. The maximum atomic E-state index is 11.9. The molecule has 0 unspecified atom stereocenters. The van der Waals surface area contributed by atoms with E-state index in [9.17, 15) is 4.79 Å². The number of benzene rings is 1. The van der Waals surface area contributed by atoms with Gasteiger partial charge in [0, 0.05) is 11.8 Å². The molecule has 2 N–H and O–H groups in total. The van der Waals surface area contributed by atoms with Crippen LogP contribution in [0.15, 0.2) is 47.7 Å². The van der Waals surface area contributed by atoms with Gasteiger partial charge in [-0.15, -0.1) is 0 Å². The molecule has 0 atom stereocenters. The monoisotopic (exact) mass is 255 g/mol. The minimum atomic E-state index is -0.200. The van der Waals surface area contributed by atoms with Crippen molar-refractivity contribution in [1.82, 2.24) is 10.4 Å². The van der Waals surface area contributed by atoms with Gasteiger partial charge in [-0.2, -0.15) is 5.10 Å². The van der Waals surface area contributed by atoms with E-state index in [1.54, 1.807) is 0 Å². The van der Waals surface area contributed by atoms with Crippen molar-refractivity contribution in [3.8, 4) is 0 Å². The molecule has 1 aromatic carbocycles. The van der Waals surface area contributed by atoms with Gasteiger partial charge in [-0.3, -0.25) is 4.79 Å². The van der Waals surface area contributed by atoms with E-state index >= 15 is 0 Å². The van der Waals surface area contributed by atoms with Gasteiger partial charge in [-0.05, 0) is 43.2 Å². The summed E-state index contributed by atoms with van der Waals surface area (Å²) < 4.78 is 0. The number of hydrogen-bond acceptors (Lipinski definition) is 2. The van der Waals surface area contributed by atoms with E-state index in [1.807, 2.05) is 49.5 Å². The molecule has 0 spiro atoms. The molecule has 0 bridgehead atoms. The van der Waals surface area contributed by atoms with Crippen molar-refractivity contribution in [1.29, 1.82) is 0 Å². The molecule has 2 aromatic rings. The zero-order chi connectivity index (χ0) is 13.7. The lowest BCUT2D eigenvalue weighted by Gasteiger charge is -2.02. The molecule has 0 saturated heterocycles. The molecule has 0 radical (unpaired) electrons. The Bertz CT molecular complexity index is 568. The van der Waals surface area contributed by atoms with Crippen LogP contribution in [0, 0.1) is 0 Å². The van der Waals surface area contributed by atoms with Crippen LogP contribution >= 0.6 is 0 Å². The van der Waals surface area contributed by atoms with Gasteiger partial charge in [0.25, 0.3) is 5.91 Å². The van der Waals surface area contributed by atoms with Crippen molar-refractivity contribution in [2.24, 2.45) is 5.10 Å². The van der Waals surface area contributed by atoms with Gasteiger partial charge in [-0.25, -0.2) is 5.43 Å². The Kier molecular flexibility index (Phi) is 4.13. The standard InChI is InChI=1S/C15H17N3O/c1-3-12-6-8-13(9-7-12)15(19)18-17-11(2)14-5-4-10-16-14/h4-10,16H,3H2,1-2H3,(H,18,19)/b17-11+. The highest BCUT2D eigenvalue weighted by atomic mass is 16.2. The number of H-pyrrole nitrogens is 1. The molecular weight excluding hydrogens is 238 g/mol. The number of aromatic nitrogens is 1. The maximum Gasteiger partial charge on any atom is 0.271 e. The van der Waals surface area contributed by atoms with Gasteiger partial charge in [0.15, 0.2) is 0 Å². The average Bonchev–Trinajstić information content (AvgIpc) is 2.98. The Morgan fingerprint density at radius 3 is 2.58 bits per heavy atom. The minimum absolute atomic E-state index is 0.200. The second-order valence-electron chi connectivity index (χ2n) is 4.27. The fraction of sp³-hybridized carbons (Fsp3) is 0.200. The number of aryl methyl sites for hydroxylation is 1. The van der Waals surface area contributed by atoms with Crippen LogP contribution in [-0.2, 0) is 6.42 Å². The van der Waals surface area contributed by atoms with Crippen LogP contribution in [0.25, 0.3) is 0 Å². The molecule has 4 heteroatoms. The third kappa shape index (κ3) is 3.31. The molecular formula is C15H17N3O. The summed E-state index contributed by atoms with van der Waals surface area (Å²) in [5.41, 5.74) is 6.01. The van der Waals surface area contributed by atoms with Gasteiger partial charge >= 0.3 is 0 Å². The van der Waals surface area contributed by atoms with Gasteiger partial charge in [0.1, 0.15) is 0 Å². The normalized spacial score (nSPS) is 11.4. The number of carbonyl (C=O) groups is 1. The van der Waals surface area contributed by atoms with Crippen molar-refractivity contribution in [3.05, 3.63) is 59.4 Å². The molecule has 4 nitrogen and oxygen atoms in total. The van der Waals surface area contributed by atoms with Gasteiger partial charge in [-0.1, -0.05) is 19.1 Å². The number of aromatic amines is 1. The SMILES string of the molecule is CCc1ccc(C(=O)N/N=C(\C)c2ccc[nH]2)cc1. The molecule has 1 heterocycles. The highest BCUT2D eigenvalue weighted by Gasteiger charge is 2.04. The van der Waals surface area contributed by atoms with E-state index in [0.29, 0.717) is 5.56 Å². The van der Waals surface area contributed by atoms with Crippen LogP contribution in [0.1, 0.15) is 35.5 Å². The number of rotatable bonds is 4. The van der Waals surface area contributed by atoms with Crippen molar-refractivity contribution in [2.75, 3.05) is 0 Å². The summed E-state index contributed by atoms with van der Waals surface area (Å²) in [4.78, 5) is 14.9. The Balaban J connectivity index is 2.02. The Morgan fingerprint density at radius 2 is 2.00 bits per heavy atom. The van der Waals surface area contributed by atoms with Crippen LogP contribution < -0.4 is 5.43 Å². The van der Waals surface area contributed by atoms with Crippen LogP contribution in [0.4, 0.5) is 0 Å². The lowest BCUT2D eigenvalue weighted by molar-refractivity contribution is 0.0955. The van der Waals surface area contributed by atoms with Crippen LogP contribution in [0.3, 0.4) is 0 Å². The number of nitrogens with zero attached hydrogens (tertiary/aromatic N) is 1. The molecule has 19 heavy (non-hydrogen) atoms. The summed E-state index contributed by atoms with van der Waals surface area (Å²) in [6.45, 7) is 3.92. The largest absolute Gasteiger partial charge is 0.360 e. The van der Waals surface area contributed by atoms with E-state index in [2.05, 4.69) is 22.4 Å². The first-order chi connectivity index (χ1) is 9.20. The summed E-state index contributed by atoms with van der Waals surface area (Å²) in [6, 6.07) is 11.3. The highest BCUT2D eigenvalue weighted by Crippen LogP contribution is 2.05. The maximum absolute atomic E-state index is 11.9. The summed E-state index contributed by atoms with van der Waals surface area (Å²) in [5, 5.41) is 4.07. The third-order valence-corrected chi connectivity index (χ3v) is 2.94. The minimum Gasteiger partial charge on any atom is -0.360 e. The number of nitrogens with one attached hydrogen (secondary N) is 2. The van der Waals surface area contributed by atoms with E-state index < -0.39 is 0 Å². The summed E-state index contributed by atoms with van der Waals surface area (Å²) in [5.74, 6) is -0.200. The van der Waals surface area contributed by atoms with Gasteiger partial charge < -0.3 is 4.98 Å². The highest BCUT2D eigenvalue weighted by molar-refractivity contribution is 5.99. The quantitative estimate of drug-likeness (QED) is 0.640. The predicted molar refractivity (Wildman–Crippen MR) is 76.3 cm³/mol. The number of amides is 1. The first-order valence-electron chi connectivity index (χ1n) is 6.28. The summed E-state index contributed by atoms with van der Waals surface area (Å²) in [6.07, 6.45) is 2.78. The van der Waals surface area contributed by atoms with E-state index in [4.69, 9.17) is 0 Å². The first kappa shape index (κ1) is 13.1. The molecule has 0 aliphatic heterocycles. The van der Waals surface area contributed by atoms with Crippen molar-refractivity contribution in [2.45, 2.75) is 20.3 Å². The van der Waals surface area contributed by atoms with E-state index in [-0.39, 0.29) is 5.91 Å². The van der Waals surface area contributed by atoms with Crippen molar-refractivity contribution in [3.63, 3.8) is 0 Å². The second-order valence-corrected chi connectivity index (χ2v) is 4.27. The van der Waals surface area contributed by atoms with Gasteiger partial charge in [0.05, 0.1) is 11.4 Å². The predicted octanol–water partition coefficient (Wildman–Crippen LogP) is 2.73. The Morgan fingerprint density at radius 1 is 1.26 bits per heavy atom. The van der Waals surface area contributed by atoms with Crippen LogP contribution in [-0.4, -0.2) is 16.6 Å². The Hall–Kier alpha value is -2.36. The summed E-state index contributed by atoms with van der Waals surface area (Å²) >= 11 is 0. The molecule has 0 fully saturated rings. The fourth-order valence-corrected chi connectivity index (χ4v) is 1.71. The molecule has 0 aliphatic rings. The van der Waals surface area contributed by atoms with E-state index in [1.165, 1.54) is 5.56 Å². The number of hydrazone groups is 1. The first-order valence-corrected chi connectivity index (χ1v) is 6.28. The molecule has 1 amide bonds. The average molecular weight is 255 g/mol. The van der Waals surface area contributed by atoms with E-state index in [0.717, 1.165) is 17.8 Å². The third-order valence-electron chi connectivity index (χ3n) is 2.94. The summed E-state index contributed by atoms with van der Waals surface area (Å²) in [7, 11) is 0. The molecule has 2 rings (SSSR count). The van der Waals surface area contributed by atoms with Gasteiger partial charge in [0.2, 0.25) is 0 Å². The van der Waals surface area contributed by atoms with Crippen LogP contribution in [0.2, 0.25) is 0 Å². The molecule has 98 valence electrons. The second kappa shape index (κ2) is 6.00. The lowest BCUT2D eigenvalue weighted by Crippen LogP contribution is -2.19. The molecule has 0 saturated carbocycles. The fourth-order valence-electron chi connectivity index (χ4n) is 1.71. The van der Waals surface area contributed by atoms with Crippen molar-refractivity contribution >= 4 is 11.6 Å². The smallest absolute Gasteiger partial charge is 0.271 e. The number of hydrogen-bond donors (Lipinski definition) is 2. The molecule has 1 aromatic heterocycles. The topological polar surface area (TPSA) is 57.2 Å². The molecule has 0 aliphatic carbocycles.